The number of pyridine rings is 1. The third kappa shape index (κ3) is 2.43. The SMILES string of the molecule is Cc1nn(C)c(Cl)c1S(=O)(=O)N1CCC[C@@H]1c1ccncc1. The van der Waals surface area contributed by atoms with Gasteiger partial charge < -0.3 is 0 Å². The minimum absolute atomic E-state index is 0.109. The molecule has 118 valence electrons. The molecule has 0 unspecified atom stereocenters. The van der Waals surface area contributed by atoms with Gasteiger partial charge in [-0.25, -0.2) is 8.42 Å². The van der Waals surface area contributed by atoms with Crippen molar-refractivity contribution in [2.75, 3.05) is 6.54 Å². The number of rotatable bonds is 3. The number of hydrogen-bond donors (Lipinski definition) is 0. The number of nitrogens with zero attached hydrogens (tertiary/aromatic N) is 4. The van der Waals surface area contributed by atoms with Gasteiger partial charge in [-0.15, -0.1) is 0 Å². The molecule has 1 aliphatic rings. The van der Waals surface area contributed by atoms with Crippen molar-refractivity contribution in [1.29, 1.82) is 0 Å². The molecular weight excluding hydrogens is 324 g/mol. The Kier molecular flexibility index (Phi) is 3.96. The highest BCUT2D eigenvalue weighted by atomic mass is 35.5. The molecular formula is C14H17ClN4O2S. The molecule has 0 radical (unpaired) electrons. The van der Waals surface area contributed by atoms with Crippen molar-refractivity contribution in [2.24, 2.45) is 7.05 Å². The zero-order chi connectivity index (χ0) is 15.9. The van der Waals surface area contributed by atoms with Crippen molar-refractivity contribution < 1.29 is 8.42 Å². The van der Waals surface area contributed by atoms with Gasteiger partial charge in [0.25, 0.3) is 0 Å². The maximum atomic E-state index is 13.0. The zero-order valence-corrected chi connectivity index (χ0v) is 14.0. The summed E-state index contributed by atoms with van der Waals surface area (Å²) in [7, 11) is -2.04. The molecule has 22 heavy (non-hydrogen) atoms. The van der Waals surface area contributed by atoms with E-state index in [1.165, 1.54) is 8.99 Å². The highest BCUT2D eigenvalue weighted by molar-refractivity contribution is 7.89. The summed E-state index contributed by atoms with van der Waals surface area (Å²) in [5.41, 5.74) is 1.38. The molecule has 1 saturated heterocycles. The molecule has 8 heteroatoms. The van der Waals surface area contributed by atoms with Crippen LogP contribution in [0.4, 0.5) is 0 Å². The van der Waals surface area contributed by atoms with Gasteiger partial charge in [-0.1, -0.05) is 11.6 Å². The van der Waals surface area contributed by atoms with Crippen molar-refractivity contribution in [1.82, 2.24) is 19.1 Å². The largest absolute Gasteiger partial charge is 0.265 e. The Morgan fingerprint density at radius 3 is 2.59 bits per heavy atom. The van der Waals surface area contributed by atoms with Gasteiger partial charge in [0.15, 0.2) is 0 Å². The Morgan fingerprint density at radius 1 is 1.32 bits per heavy atom. The third-order valence-electron chi connectivity index (χ3n) is 3.96. The van der Waals surface area contributed by atoms with Crippen LogP contribution in [0.3, 0.4) is 0 Å². The topological polar surface area (TPSA) is 68.1 Å². The van der Waals surface area contributed by atoms with E-state index in [1.807, 2.05) is 12.1 Å². The van der Waals surface area contributed by atoms with Crippen molar-refractivity contribution in [3.8, 4) is 0 Å². The molecule has 0 aromatic carbocycles. The van der Waals surface area contributed by atoms with Crippen LogP contribution in [0.15, 0.2) is 29.4 Å². The molecule has 2 aromatic rings. The summed E-state index contributed by atoms with van der Waals surface area (Å²) < 4.78 is 29.0. The molecule has 3 heterocycles. The lowest BCUT2D eigenvalue weighted by molar-refractivity contribution is 0.396. The summed E-state index contributed by atoms with van der Waals surface area (Å²) in [5.74, 6) is 0. The van der Waals surface area contributed by atoms with Crippen molar-refractivity contribution >= 4 is 21.6 Å². The minimum atomic E-state index is -3.68. The second kappa shape index (κ2) is 5.64. The first kappa shape index (κ1) is 15.5. The maximum Gasteiger partial charge on any atom is 0.248 e. The molecule has 1 atom stereocenters. The van der Waals surface area contributed by atoms with E-state index >= 15 is 0 Å². The van der Waals surface area contributed by atoms with E-state index in [9.17, 15) is 8.42 Å². The summed E-state index contributed by atoms with van der Waals surface area (Å²) in [4.78, 5) is 4.10. The molecule has 1 aliphatic heterocycles. The van der Waals surface area contributed by atoms with Gasteiger partial charge in [-0.3, -0.25) is 9.67 Å². The molecule has 0 spiro atoms. The van der Waals surface area contributed by atoms with Crippen LogP contribution in [-0.2, 0) is 17.1 Å². The number of hydrogen-bond acceptors (Lipinski definition) is 4. The first-order chi connectivity index (χ1) is 10.4. The molecule has 6 nitrogen and oxygen atoms in total. The highest BCUT2D eigenvalue weighted by Gasteiger charge is 2.39. The first-order valence-corrected chi connectivity index (χ1v) is 8.85. The fourth-order valence-electron chi connectivity index (χ4n) is 2.97. The van der Waals surface area contributed by atoms with Gasteiger partial charge in [0.1, 0.15) is 10.0 Å². The molecule has 0 bridgehead atoms. The van der Waals surface area contributed by atoms with Crippen molar-refractivity contribution in [3.05, 3.63) is 40.9 Å². The third-order valence-corrected chi connectivity index (χ3v) is 6.57. The van der Waals surface area contributed by atoms with Crippen molar-refractivity contribution in [3.63, 3.8) is 0 Å². The minimum Gasteiger partial charge on any atom is -0.265 e. The van der Waals surface area contributed by atoms with E-state index in [-0.39, 0.29) is 16.1 Å². The monoisotopic (exact) mass is 340 g/mol. The predicted molar refractivity (Wildman–Crippen MR) is 83.1 cm³/mol. The number of aromatic nitrogens is 3. The maximum absolute atomic E-state index is 13.0. The summed E-state index contributed by atoms with van der Waals surface area (Å²) >= 11 is 6.16. The average molecular weight is 341 g/mol. The predicted octanol–water partition coefficient (Wildman–Crippen LogP) is 2.30. The molecule has 0 amide bonds. The highest BCUT2D eigenvalue weighted by Crippen LogP contribution is 2.38. The lowest BCUT2D eigenvalue weighted by atomic mass is 10.1. The Bertz CT molecular complexity index is 789. The van der Waals surface area contributed by atoms with Gasteiger partial charge in [-0.2, -0.15) is 9.40 Å². The van der Waals surface area contributed by atoms with Crippen LogP contribution in [0, 0.1) is 6.92 Å². The van der Waals surface area contributed by atoms with Crippen LogP contribution in [0.2, 0.25) is 5.15 Å². The zero-order valence-electron chi connectivity index (χ0n) is 12.4. The standard InChI is InChI=1S/C14H17ClN4O2S/c1-10-13(14(15)18(2)17-10)22(20,21)19-9-3-4-12(19)11-5-7-16-8-6-11/h5-8,12H,3-4,9H2,1-2H3/t12-/m1/s1. The Morgan fingerprint density at radius 2 is 2.00 bits per heavy atom. The second-order valence-corrected chi connectivity index (χ2v) is 7.57. The molecule has 0 saturated carbocycles. The van der Waals surface area contributed by atoms with Gasteiger partial charge in [0.2, 0.25) is 10.0 Å². The molecule has 0 aliphatic carbocycles. The molecule has 2 aromatic heterocycles. The van der Waals surface area contributed by atoms with Gasteiger partial charge in [0, 0.05) is 26.0 Å². The van der Waals surface area contributed by atoms with Crippen LogP contribution >= 0.6 is 11.6 Å². The Labute approximate surface area is 134 Å². The van der Waals surface area contributed by atoms with E-state index in [0.717, 1.165) is 18.4 Å². The lowest BCUT2D eigenvalue weighted by Gasteiger charge is -2.24. The first-order valence-electron chi connectivity index (χ1n) is 7.04. The van der Waals surface area contributed by atoms with Crippen LogP contribution in [0.25, 0.3) is 0 Å². The molecule has 0 N–H and O–H groups in total. The van der Waals surface area contributed by atoms with E-state index in [2.05, 4.69) is 10.1 Å². The number of aryl methyl sites for hydroxylation is 2. The van der Waals surface area contributed by atoms with Crippen molar-refractivity contribution in [2.45, 2.75) is 30.7 Å². The summed E-state index contributed by atoms with van der Waals surface area (Å²) in [6.45, 7) is 2.15. The summed E-state index contributed by atoms with van der Waals surface area (Å²) in [5, 5.41) is 4.27. The summed E-state index contributed by atoms with van der Waals surface area (Å²) in [6, 6.07) is 3.54. The van der Waals surface area contributed by atoms with Gasteiger partial charge >= 0.3 is 0 Å². The van der Waals surface area contributed by atoms with Crippen LogP contribution in [0.5, 0.6) is 0 Å². The fourth-order valence-corrected chi connectivity index (χ4v) is 5.36. The summed E-state index contributed by atoms with van der Waals surface area (Å²) in [6.07, 6.45) is 4.98. The normalized spacial score (nSPS) is 19.7. The average Bonchev–Trinajstić information content (AvgIpc) is 3.06. The van der Waals surface area contributed by atoms with Gasteiger partial charge in [-0.05, 0) is 37.5 Å². The molecule has 1 fully saturated rings. The lowest BCUT2D eigenvalue weighted by Crippen LogP contribution is -2.31. The van der Waals surface area contributed by atoms with E-state index < -0.39 is 10.0 Å². The van der Waals surface area contributed by atoms with Crippen LogP contribution < -0.4 is 0 Å². The number of sulfonamides is 1. The van der Waals surface area contributed by atoms with E-state index in [1.54, 1.807) is 26.4 Å². The number of halogens is 1. The van der Waals surface area contributed by atoms with Crippen LogP contribution in [0.1, 0.15) is 30.1 Å². The second-order valence-electron chi connectivity index (χ2n) is 5.38. The quantitative estimate of drug-likeness (QED) is 0.859. The fraction of sp³-hybridized carbons (Fsp3) is 0.429. The van der Waals surface area contributed by atoms with E-state index in [0.29, 0.717) is 12.2 Å². The van der Waals surface area contributed by atoms with Gasteiger partial charge in [0.05, 0.1) is 11.7 Å². The molecule has 3 rings (SSSR count). The van der Waals surface area contributed by atoms with E-state index in [4.69, 9.17) is 11.6 Å². The van der Waals surface area contributed by atoms with Crippen LogP contribution in [-0.4, -0.2) is 34.0 Å². The Hall–Kier alpha value is -1.44. The smallest absolute Gasteiger partial charge is 0.248 e. The Balaban J connectivity index is 2.05.